The monoisotopic (exact) mass is 356 g/mol. The Morgan fingerprint density at radius 3 is 2.45 bits per heavy atom. The maximum absolute atomic E-state index is 10.2. The van der Waals surface area contributed by atoms with Gasteiger partial charge >= 0.3 is 0 Å². The maximum atomic E-state index is 10.2. The van der Waals surface area contributed by atoms with E-state index in [1.54, 1.807) is 25.6 Å². The third-order valence-corrected chi connectivity index (χ3v) is 4.63. The summed E-state index contributed by atoms with van der Waals surface area (Å²) in [6, 6.07) is 9.76. The fraction of sp³-hybridized carbons (Fsp3) is 0.333. The van der Waals surface area contributed by atoms with Gasteiger partial charge in [0.05, 0.1) is 24.1 Å². The van der Waals surface area contributed by atoms with Crippen molar-refractivity contribution in [2.75, 3.05) is 14.2 Å². The highest BCUT2D eigenvalue weighted by molar-refractivity contribution is 9.11. The van der Waals surface area contributed by atoms with Gasteiger partial charge in [0.2, 0.25) is 0 Å². The van der Waals surface area contributed by atoms with Crippen LogP contribution < -0.4 is 9.47 Å². The van der Waals surface area contributed by atoms with Crippen molar-refractivity contribution in [2.24, 2.45) is 0 Å². The molecule has 1 aromatic heterocycles. The Balaban J connectivity index is 2.02. The highest BCUT2D eigenvalue weighted by atomic mass is 79.9. The van der Waals surface area contributed by atoms with Crippen LogP contribution in [0.4, 0.5) is 0 Å². The van der Waals surface area contributed by atoms with E-state index in [4.69, 9.17) is 9.47 Å². The van der Waals surface area contributed by atoms with E-state index in [9.17, 15) is 5.11 Å². The SMILES string of the molecule is COc1ccc(CC(O)Cc2ccc(Br)s2)cc1OC. The van der Waals surface area contributed by atoms with Crippen LogP contribution in [0.1, 0.15) is 10.4 Å². The van der Waals surface area contributed by atoms with Gasteiger partial charge in [-0.1, -0.05) is 6.07 Å². The molecule has 2 rings (SSSR count). The number of methoxy groups -OCH3 is 2. The number of aliphatic hydroxyl groups excluding tert-OH is 1. The first-order valence-corrected chi connectivity index (χ1v) is 7.86. The molecular formula is C15H17BrO3S. The van der Waals surface area contributed by atoms with Gasteiger partial charge in [0.15, 0.2) is 11.5 Å². The van der Waals surface area contributed by atoms with Gasteiger partial charge in [0.25, 0.3) is 0 Å². The van der Waals surface area contributed by atoms with Crippen molar-refractivity contribution in [1.82, 2.24) is 0 Å². The van der Waals surface area contributed by atoms with Crippen LogP contribution in [0.5, 0.6) is 11.5 Å². The number of aliphatic hydroxyl groups is 1. The molecule has 20 heavy (non-hydrogen) atoms. The molecule has 0 radical (unpaired) electrons. The topological polar surface area (TPSA) is 38.7 Å². The number of thiophene rings is 1. The number of halogens is 1. The molecule has 1 aromatic carbocycles. The summed E-state index contributed by atoms with van der Waals surface area (Å²) in [6.45, 7) is 0. The first kappa shape index (κ1) is 15.4. The molecule has 0 bridgehead atoms. The van der Waals surface area contributed by atoms with E-state index in [0.717, 1.165) is 9.35 Å². The zero-order chi connectivity index (χ0) is 14.5. The quantitative estimate of drug-likeness (QED) is 0.857. The average Bonchev–Trinajstić information content (AvgIpc) is 2.83. The van der Waals surface area contributed by atoms with Gasteiger partial charge in [0.1, 0.15) is 0 Å². The molecule has 1 heterocycles. The number of rotatable bonds is 6. The molecule has 0 aliphatic carbocycles. The molecule has 0 amide bonds. The molecule has 3 nitrogen and oxygen atoms in total. The first-order valence-electron chi connectivity index (χ1n) is 6.25. The van der Waals surface area contributed by atoms with Crippen molar-refractivity contribution in [1.29, 1.82) is 0 Å². The van der Waals surface area contributed by atoms with Gasteiger partial charge in [-0.05, 0) is 52.2 Å². The molecule has 0 spiro atoms. The van der Waals surface area contributed by atoms with E-state index in [2.05, 4.69) is 15.9 Å². The lowest BCUT2D eigenvalue weighted by molar-refractivity contribution is 0.176. The van der Waals surface area contributed by atoms with Gasteiger partial charge < -0.3 is 14.6 Å². The van der Waals surface area contributed by atoms with Gasteiger partial charge in [-0.3, -0.25) is 0 Å². The second kappa shape index (κ2) is 7.11. The Morgan fingerprint density at radius 2 is 1.85 bits per heavy atom. The lowest BCUT2D eigenvalue weighted by Crippen LogP contribution is -2.13. The third kappa shape index (κ3) is 3.98. The summed E-state index contributed by atoms with van der Waals surface area (Å²) in [6.07, 6.45) is 0.846. The van der Waals surface area contributed by atoms with Crippen LogP contribution in [0.25, 0.3) is 0 Å². The van der Waals surface area contributed by atoms with E-state index in [-0.39, 0.29) is 0 Å². The van der Waals surface area contributed by atoms with Crippen LogP contribution in [0, 0.1) is 0 Å². The van der Waals surface area contributed by atoms with Crippen LogP contribution >= 0.6 is 27.3 Å². The van der Waals surface area contributed by atoms with Gasteiger partial charge in [0, 0.05) is 11.3 Å². The van der Waals surface area contributed by atoms with E-state index < -0.39 is 6.10 Å². The summed E-state index contributed by atoms with van der Waals surface area (Å²) in [4.78, 5) is 1.17. The first-order chi connectivity index (χ1) is 9.62. The summed E-state index contributed by atoms with van der Waals surface area (Å²) in [5.41, 5.74) is 1.03. The minimum atomic E-state index is -0.404. The molecule has 0 aliphatic heterocycles. The van der Waals surface area contributed by atoms with Crippen LogP contribution in [-0.4, -0.2) is 25.4 Å². The van der Waals surface area contributed by atoms with E-state index in [1.165, 1.54) is 4.88 Å². The van der Waals surface area contributed by atoms with E-state index in [0.29, 0.717) is 24.3 Å². The second-order valence-electron chi connectivity index (χ2n) is 4.46. The Bertz CT molecular complexity index is 568. The fourth-order valence-electron chi connectivity index (χ4n) is 2.05. The summed E-state index contributed by atoms with van der Waals surface area (Å²) in [5, 5.41) is 10.2. The summed E-state index contributed by atoms with van der Waals surface area (Å²) in [7, 11) is 3.22. The molecule has 1 unspecified atom stereocenters. The molecule has 0 aliphatic rings. The van der Waals surface area contributed by atoms with Gasteiger partial charge in [-0.25, -0.2) is 0 Å². The fourth-order valence-corrected chi connectivity index (χ4v) is 3.60. The van der Waals surface area contributed by atoms with Crippen LogP contribution in [0.15, 0.2) is 34.1 Å². The normalized spacial score (nSPS) is 12.2. The van der Waals surface area contributed by atoms with E-state index in [1.807, 2.05) is 30.3 Å². The standard InChI is InChI=1S/C15H17BrO3S/c1-18-13-5-3-10(8-14(13)19-2)7-11(17)9-12-4-6-15(16)20-12/h3-6,8,11,17H,7,9H2,1-2H3. The minimum absolute atomic E-state index is 0.404. The molecule has 2 aromatic rings. The Labute approximate surface area is 131 Å². The van der Waals surface area contributed by atoms with Crippen molar-refractivity contribution >= 4 is 27.3 Å². The molecule has 1 atom stereocenters. The smallest absolute Gasteiger partial charge is 0.160 e. The molecule has 1 N–H and O–H groups in total. The molecule has 0 fully saturated rings. The van der Waals surface area contributed by atoms with Crippen molar-refractivity contribution in [3.05, 3.63) is 44.6 Å². The molecular weight excluding hydrogens is 340 g/mol. The lowest BCUT2D eigenvalue weighted by Gasteiger charge is -2.12. The van der Waals surface area contributed by atoms with Crippen LogP contribution in [0.2, 0.25) is 0 Å². The second-order valence-corrected chi connectivity index (χ2v) is 7.00. The highest BCUT2D eigenvalue weighted by Gasteiger charge is 2.11. The zero-order valence-electron chi connectivity index (χ0n) is 11.4. The van der Waals surface area contributed by atoms with Gasteiger partial charge in [-0.15, -0.1) is 11.3 Å². The van der Waals surface area contributed by atoms with Crippen LogP contribution in [-0.2, 0) is 12.8 Å². The maximum Gasteiger partial charge on any atom is 0.160 e. The van der Waals surface area contributed by atoms with E-state index >= 15 is 0 Å². The molecule has 0 saturated heterocycles. The summed E-state index contributed by atoms with van der Waals surface area (Å²) >= 11 is 5.08. The highest BCUT2D eigenvalue weighted by Crippen LogP contribution is 2.28. The van der Waals surface area contributed by atoms with Crippen LogP contribution in [0.3, 0.4) is 0 Å². The zero-order valence-corrected chi connectivity index (χ0v) is 13.8. The minimum Gasteiger partial charge on any atom is -0.493 e. The Kier molecular flexibility index (Phi) is 5.46. The molecule has 108 valence electrons. The lowest BCUT2D eigenvalue weighted by atomic mass is 10.0. The van der Waals surface area contributed by atoms with Crippen molar-refractivity contribution in [3.8, 4) is 11.5 Å². The van der Waals surface area contributed by atoms with Crippen molar-refractivity contribution in [2.45, 2.75) is 18.9 Å². The average molecular weight is 357 g/mol. The number of benzene rings is 1. The summed E-state index contributed by atoms with van der Waals surface area (Å²) in [5.74, 6) is 1.39. The van der Waals surface area contributed by atoms with Gasteiger partial charge in [-0.2, -0.15) is 0 Å². The number of hydrogen-bond donors (Lipinski definition) is 1. The largest absolute Gasteiger partial charge is 0.493 e. The predicted molar refractivity (Wildman–Crippen MR) is 85.0 cm³/mol. The van der Waals surface area contributed by atoms with Crippen molar-refractivity contribution in [3.63, 3.8) is 0 Å². The molecule has 5 heteroatoms. The Hall–Kier alpha value is -1.04. The predicted octanol–water partition coefficient (Wildman–Crippen LogP) is 3.67. The number of ether oxygens (including phenoxy) is 2. The van der Waals surface area contributed by atoms with Crippen molar-refractivity contribution < 1.29 is 14.6 Å². The number of hydrogen-bond acceptors (Lipinski definition) is 4. The summed E-state index contributed by atoms with van der Waals surface area (Å²) < 4.78 is 11.6. The molecule has 0 saturated carbocycles. The third-order valence-electron chi connectivity index (χ3n) is 2.98. The Morgan fingerprint density at radius 1 is 1.10 bits per heavy atom.